The van der Waals surface area contributed by atoms with Crippen LogP contribution in [-0.2, 0) is 17.9 Å². The van der Waals surface area contributed by atoms with Gasteiger partial charge < -0.3 is 20.0 Å². The fourth-order valence-corrected chi connectivity index (χ4v) is 4.40. The number of aryl methyl sites for hydroxylation is 1. The number of likely N-dealkylation sites (tertiary alicyclic amines) is 1. The highest BCUT2D eigenvalue weighted by Crippen LogP contribution is 2.17. The number of benzene rings is 1. The summed E-state index contributed by atoms with van der Waals surface area (Å²) in [6, 6.07) is 7.55. The van der Waals surface area contributed by atoms with E-state index in [0.717, 1.165) is 25.2 Å². The van der Waals surface area contributed by atoms with Gasteiger partial charge in [0.15, 0.2) is 5.69 Å². The van der Waals surface area contributed by atoms with Crippen LogP contribution in [0.25, 0.3) is 0 Å². The Bertz CT molecular complexity index is 1030. The first-order chi connectivity index (χ1) is 16.4. The summed E-state index contributed by atoms with van der Waals surface area (Å²) >= 11 is 0. The van der Waals surface area contributed by atoms with Crippen LogP contribution in [0.2, 0.25) is 0 Å². The molecule has 2 aliphatic rings. The van der Waals surface area contributed by atoms with Crippen molar-refractivity contribution in [2.75, 3.05) is 46.3 Å². The molecule has 0 radical (unpaired) electrons. The molecule has 0 bridgehead atoms. The Balaban J connectivity index is 1.34. The summed E-state index contributed by atoms with van der Waals surface area (Å²) in [7, 11) is 1.55. The van der Waals surface area contributed by atoms with E-state index in [1.54, 1.807) is 28.8 Å². The molecule has 34 heavy (non-hydrogen) atoms. The molecule has 4 rings (SSSR count). The van der Waals surface area contributed by atoms with E-state index in [4.69, 9.17) is 0 Å². The lowest BCUT2D eigenvalue weighted by atomic mass is 10.2. The number of hydrogen-bond donors (Lipinski definition) is 1. The van der Waals surface area contributed by atoms with E-state index in [0.29, 0.717) is 38.3 Å². The zero-order valence-electron chi connectivity index (χ0n) is 19.5. The van der Waals surface area contributed by atoms with Crippen molar-refractivity contribution in [2.45, 2.75) is 32.4 Å². The minimum Gasteiger partial charge on any atom is -0.353 e. The zero-order chi connectivity index (χ0) is 24.1. The molecule has 9 nitrogen and oxygen atoms in total. The molecule has 0 atom stereocenters. The molecule has 3 amide bonds. The molecule has 1 fully saturated rings. The van der Waals surface area contributed by atoms with Crippen molar-refractivity contribution < 1.29 is 18.8 Å². The molecular formula is C24H31FN6O3. The minimum atomic E-state index is -0.409. The largest absolute Gasteiger partial charge is 0.353 e. The van der Waals surface area contributed by atoms with Crippen LogP contribution in [-0.4, -0.2) is 88.5 Å². The summed E-state index contributed by atoms with van der Waals surface area (Å²) in [4.78, 5) is 43.6. The Labute approximate surface area is 198 Å². The summed E-state index contributed by atoms with van der Waals surface area (Å²) in [5, 5.41) is 7.21. The summed E-state index contributed by atoms with van der Waals surface area (Å²) in [6.07, 6.45) is 3.09. The molecule has 182 valence electrons. The Hall–Kier alpha value is -3.27. The monoisotopic (exact) mass is 470 g/mol. The van der Waals surface area contributed by atoms with Crippen LogP contribution in [0.4, 0.5) is 4.39 Å². The fourth-order valence-electron chi connectivity index (χ4n) is 4.40. The molecule has 10 heteroatoms. The molecular weight excluding hydrogens is 439 g/mol. The molecule has 1 aromatic carbocycles. The third kappa shape index (κ3) is 5.80. The number of nitrogens with zero attached hydrogens (tertiary/aromatic N) is 5. The first kappa shape index (κ1) is 23.9. The summed E-state index contributed by atoms with van der Waals surface area (Å²) in [5.41, 5.74) is 1.31. The molecule has 0 aliphatic carbocycles. The Morgan fingerprint density at radius 3 is 2.56 bits per heavy atom. The highest BCUT2D eigenvalue weighted by molar-refractivity contribution is 5.99. The number of amides is 3. The van der Waals surface area contributed by atoms with Crippen molar-refractivity contribution in [1.29, 1.82) is 0 Å². The second-order valence-electron chi connectivity index (χ2n) is 8.90. The lowest BCUT2D eigenvalue weighted by Gasteiger charge is -2.20. The summed E-state index contributed by atoms with van der Waals surface area (Å²) in [5.74, 6) is -1.18. The molecule has 1 saturated heterocycles. The average molecular weight is 471 g/mol. The Kier molecular flexibility index (Phi) is 7.56. The Morgan fingerprint density at radius 1 is 1.09 bits per heavy atom. The average Bonchev–Trinajstić information content (AvgIpc) is 3.46. The second kappa shape index (κ2) is 10.8. The molecule has 0 unspecified atom stereocenters. The number of carbonyl (C=O) groups excluding carboxylic acids is 3. The van der Waals surface area contributed by atoms with E-state index >= 15 is 0 Å². The number of hydrogen-bond acceptors (Lipinski definition) is 5. The van der Waals surface area contributed by atoms with Gasteiger partial charge in [-0.15, -0.1) is 0 Å². The van der Waals surface area contributed by atoms with E-state index < -0.39 is 5.91 Å². The number of aromatic nitrogens is 2. The van der Waals surface area contributed by atoms with E-state index in [9.17, 15) is 18.8 Å². The van der Waals surface area contributed by atoms with Gasteiger partial charge >= 0.3 is 0 Å². The minimum absolute atomic E-state index is 0.0777. The fraction of sp³-hybridized carbons (Fsp3) is 0.500. The SMILES string of the molecule is CN(CC(=O)NCCN1CCCC1)C(=O)c1cc2n(n1)CCCN(Cc1ccc(F)cc1)C2=O. The van der Waals surface area contributed by atoms with Crippen molar-refractivity contribution in [2.24, 2.45) is 0 Å². The third-order valence-electron chi connectivity index (χ3n) is 6.27. The number of nitrogens with one attached hydrogen (secondary N) is 1. The van der Waals surface area contributed by atoms with Gasteiger partial charge in [0, 0.05) is 45.8 Å². The maximum atomic E-state index is 13.2. The van der Waals surface area contributed by atoms with Gasteiger partial charge in [-0.1, -0.05) is 12.1 Å². The second-order valence-corrected chi connectivity index (χ2v) is 8.90. The van der Waals surface area contributed by atoms with Gasteiger partial charge in [0.1, 0.15) is 11.5 Å². The summed E-state index contributed by atoms with van der Waals surface area (Å²) in [6.45, 7) is 4.83. The molecule has 0 spiro atoms. The van der Waals surface area contributed by atoms with Crippen molar-refractivity contribution in [3.8, 4) is 0 Å². The Morgan fingerprint density at radius 2 is 1.82 bits per heavy atom. The topological polar surface area (TPSA) is 90.8 Å². The van der Waals surface area contributed by atoms with Crippen LogP contribution in [0, 0.1) is 5.82 Å². The standard InChI is InChI=1S/C24H31FN6O3/c1-28(17-22(32)26-9-14-29-10-2-3-11-29)23(33)20-15-21-24(34)30(12-4-13-31(21)27-20)16-18-5-7-19(25)8-6-18/h5-8,15H,2-4,9-14,16-17H2,1H3,(H,26,32). The van der Waals surface area contributed by atoms with Crippen molar-refractivity contribution in [3.05, 3.63) is 53.1 Å². The molecule has 0 saturated carbocycles. The van der Waals surface area contributed by atoms with Gasteiger partial charge in [-0.3, -0.25) is 19.1 Å². The third-order valence-corrected chi connectivity index (χ3v) is 6.27. The van der Waals surface area contributed by atoms with E-state index in [1.165, 1.54) is 35.9 Å². The normalized spacial score (nSPS) is 16.3. The number of likely N-dealkylation sites (N-methyl/N-ethyl adjacent to an activating group) is 1. The van der Waals surface area contributed by atoms with Gasteiger partial charge in [-0.2, -0.15) is 5.10 Å². The quantitative estimate of drug-likeness (QED) is 0.629. The van der Waals surface area contributed by atoms with Gasteiger partial charge in [-0.25, -0.2) is 4.39 Å². The van der Waals surface area contributed by atoms with Gasteiger partial charge in [0.25, 0.3) is 11.8 Å². The predicted molar refractivity (Wildman–Crippen MR) is 124 cm³/mol. The molecule has 1 aromatic heterocycles. The van der Waals surface area contributed by atoms with Crippen LogP contribution in [0.3, 0.4) is 0 Å². The maximum Gasteiger partial charge on any atom is 0.274 e. The van der Waals surface area contributed by atoms with Crippen molar-refractivity contribution in [1.82, 2.24) is 29.8 Å². The van der Waals surface area contributed by atoms with Crippen LogP contribution >= 0.6 is 0 Å². The lowest BCUT2D eigenvalue weighted by molar-refractivity contribution is -0.121. The molecule has 2 aromatic rings. The molecule has 1 N–H and O–H groups in total. The van der Waals surface area contributed by atoms with Crippen LogP contribution < -0.4 is 5.32 Å². The van der Waals surface area contributed by atoms with Crippen LogP contribution in [0.5, 0.6) is 0 Å². The maximum absolute atomic E-state index is 13.2. The number of fused-ring (bicyclic) bond motifs is 1. The van der Waals surface area contributed by atoms with Gasteiger partial charge in [0.05, 0.1) is 6.54 Å². The lowest BCUT2D eigenvalue weighted by Crippen LogP contribution is -2.41. The van der Waals surface area contributed by atoms with Crippen molar-refractivity contribution in [3.63, 3.8) is 0 Å². The predicted octanol–water partition coefficient (Wildman–Crippen LogP) is 1.35. The van der Waals surface area contributed by atoms with E-state index in [2.05, 4.69) is 15.3 Å². The number of halogens is 1. The number of carbonyl (C=O) groups is 3. The first-order valence-corrected chi connectivity index (χ1v) is 11.8. The van der Waals surface area contributed by atoms with E-state index in [1.807, 2.05) is 0 Å². The number of rotatable bonds is 8. The van der Waals surface area contributed by atoms with Crippen LogP contribution in [0.1, 0.15) is 45.8 Å². The van der Waals surface area contributed by atoms with Gasteiger partial charge in [-0.05, 0) is 50.0 Å². The van der Waals surface area contributed by atoms with Crippen LogP contribution in [0.15, 0.2) is 30.3 Å². The molecule has 2 aliphatic heterocycles. The highest BCUT2D eigenvalue weighted by atomic mass is 19.1. The first-order valence-electron chi connectivity index (χ1n) is 11.8. The van der Waals surface area contributed by atoms with Crippen molar-refractivity contribution >= 4 is 17.7 Å². The van der Waals surface area contributed by atoms with E-state index in [-0.39, 0.29) is 29.9 Å². The molecule has 3 heterocycles. The summed E-state index contributed by atoms with van der Waals surface area (Å²) < 4.78 is 14.8. The highest BCUT2D eigenvalue weighted by Gasteiger charge is 2.27. The van der Waals surface area contributed by atoms with Gasteiger partial charge in [0.2, 0.25) is 5.91 Å². The smallest absolute Gasteiger partial charge is 0.274 e. The zero-order valence-corrected chi connectivity index (χ0v) is 19.5.